The summed E-state index contributed by atoms with van der Waals surface area (Å²) in [6, 6.07) is 17.3. The first-order valence-corrected chi connectivity index (χ1v) is 7.51. The maximum absolute atomic E-state index is 12.7. The van der Waals surface area contributed by atoms with Gasteiger partial charge in [0, 0.05) is 7.11 Å². The number of methoxy groups -OCH3 is 1. The Labute approximate surface area is 134 Å². The quantitative estimate of drug-likeness (QED) is 0.727. The molecule has 0 amide bonds. The largest absolute Gasteiger partial charge is 0.383 e. The molecule has 3 rings (SSSR count). The molecule has 3 aromatic rings. The van der Waals surface area contributed by atoms with Gasteiger partial charge < -0.3 is 4.74 Å². The van der Waals surface area contributed by atoms with Crippen molar-refractivity contribution in [3.05, 3.63) is 76.3 Å². The van der Waals surface area contributed by atoms with Gasteiger partial charge in [-0.25, -0.2) is 4.98 Å². The standard InChI is InChI=1S/C19H18N2O2/c1-23-14-13-21-18(12-11-15-7-3-2-4-8-15)20-17-10-6-5-9-16(17)19(21)22/h2-12H,13-14H2,1H3/b12-11+. The molecule has 0 N–H and O–H groups in total. The maximum atomic E-state index is 12.7. The van der Waals surface area contributed by atoms with Crippen LogP contribution >= 0.6 is 0 Å². The van der Waals surface area contributed by atoms with Crippen LogP contribution in [0.5, 0.6) is 0 Å². The second-order valence-corrected chi connectivity index (χ2v) is 5.18. The van der Waals surface area contributed by atoms with E-state index in [1.165, 1.54) is 0 Å². The van der Waals surface area contributed by atoms with Gasteiger partial charge in [-0.05, 0) is 23.8 Å². The summed E-state index contributed by atoms with van der Waals surface area (Å²) < 4.78 is 6.78. The van der Waals surface area contributed by atoms with Crippen molar-refractivity contribution in [1.29, 1.82) is 0 Å². The number of aromatic nitrogens is 2. The number of para-hydroxylation sites is 1. The molecule has 0 unspecified atom stereocenters. The summed E-state index contributed by atoms with van der Waals surface area (Å²) in [5, 5.41) is 0.625. The molecule has 0 radical (unpaired) electrons. The van der Waals surface area contributed by atoms with E-state index >= 15 is 0 Å². The molecule has 0 atom stereocenters. The second-order valence-electron chi connectivity index (χ2n) is 5.18. The monoisotopic (exact) mass is 306 g/mol. The molecule has 0 spiro atoms. The number of ether oxygens (including phenoxy) is 1. The molecule has 0 saturated carbocycles. The topological polar surface area (TPSA) is 44.1 Å². The van der Waals surface area contributed by atoms with Gasteiger partial charge in [-0.1, -0.05) is 48.5 Å². The zero-order valence-corrected chi connectivity index (χ0v) is 13.0. The number of fused-ring (bicyclic) bond motifs is 1. The SMILES string of the molecule is COCCn1c(/C=C/c2ccccc2)nc2ccccc2c1=O. The van der Waals surface area contributed by atoms with Crippen LogP contribution < -0.4 is 5.56 Å². The van der Waals surface area contributed by atoms with E-state index in [-0.39, 0.29) is 5.56 Å². The van der Waals surface area contributed by atoms with E-state index < -0.39 is 0 Å². The van der Waals surface area contributed by atoms with Crippen molar-refractivity contribution < 1.29 is 4.74 Å². The summed E-state index contributed by atoms with van der Waals surface area (Å²) in [7, 11) is 1.62. The van der Waals surface area contributed by atoms with E-state index in [2.05, 4.69) is 4.98 Å². The average Bonchev–Trinajstić information content (AvgIpc) is 2.60. The summed E-state index contributed by atoms with van der Waals surface area (Å²) in [5.41, 5.74) is 1.73. The summed E-state index contributed by atoms with van der Waals surface area (Å²) >= 11 is 0. The smallest absolute Gasteiger partial charge is 0.261 e. The minimum absolute atomic E-state index is 0.0413. The molecule has 2 aromatic carbocycles. The molecule has 0 saturated heterocycles. The van der Waals surface area contributed by atoms with Crippen molar-refractivity contribution in [3.8, 4) is 0 Å². The third-order valence-electron chi connectivity index (χ3n) is 3.63. The maximum Gasteiger partial charge on any atom is 0.261 e. The Hall–Kier alpha value is -2.72. The van der Waals surface area contributed by atoms with Crippen LogP contribution in [0, 0.1) is 0 Å². The molecular formula is C19H18N2O2. The van der Waals surface area contributed by atoms with E-state index in [0.29, 0.717) is 29.9 Å². The lowest BCUT2D eigenvalue weighted by Crippen LogP contribution is -2.25. The van der Waals surface area contributed by atoms with E-state index in [1.54, 1.807) is 17.7 Å². The highest BCUT2D eigenvalue weighted by molar-refractivity contribution is 5.79. The number of benzene rings is 2. The van der Waals surface area contributed by atoms with Crippen molar-refractivity contribution in [3.63, 3.8) is 0 Å². The van der Waals surface area contributed by atoms with Gasteiger partial charge in [0.2, 0.25) is 0 Å². The van der Waals surface area contributed by atoms with Crippen LogP contribution in [0.1, 0.15) is 11.4 Å². The average molecular weight is 306 g/mol. The lowest BCUT2D eigenvalue weighted by Gasteiger charge is -2.10. The first-order valence-electron chi connectivity index (χ1n) is 7.51. The Bertz CT molecular complexity index is 883. The molecule has 1 heterocycles. The number of hydrogen-bond acceptors (Lipinski definition) is 3. The Morgan fingerprint density at radius 3 is 2.57 bits per heavy atom. The van der Waals surface area contributed by atoms with Gasteiger partial charge in [0.15, 0.2) is 0 Å². The number of rotatable bonds is 5. The van der Waals surface area contributed by atoms with Crippen LogP contribution in [-0.2, 0) is 11.3 Å². The van der Waals surface area contributed by atoms with Crippen LogP contribution in [0.3, 0.4) is 0 Å². The Balaban J connectivity index is 2.10. The van der Waals surface area contributed by atoms with Crippen molar-refractivity contribution in [1.82, 2.24) is 9.55 Å². The normalized spacial score (nSPS) is 11.3. The molecule has 0 fully saturated rings. The lowest BCUT2D eigenvalue weighted by molar-refractivity contribution is 0.186. The van der Waals surface area contributed by atoms with Gasteiger partial charge in [0.25, 0.3) is 5.56 Å². The molecule has 116 valence electrons. The van der Waals surface area contributed by atoms with E-state index in [1.807, 2.05) is 60.7 Å². The van der Waals surface area contributed by atoms with Crippen molar-refractivity contribution in [2.45, 2.75) is 6.54 Å². The van der Waals surface area contributed by atoms with Gasteiger partial charge in [-0.3, -0.25) is 9.36 Å². The molecule has 4 nitrogen and oxygen atoms in total. The Morgan fingerprint density at radius 1 is 1.04 bits per heavy atom. The molecule has 23 heavy (non-hydrogen) atoms. The van der Waals surface area contributed by atoms with E-state index in [9.17, 15) is 4.79 Å². The highest BCUT2D eigenvalue weighted by Crippen LogP contribution is 2.11. The zero-order chi connectivity index (χ0) is 16.1. The van der Waals surface area contributed by atoms with Crippen LogP contribution in [0.2, 0.25) is 0 Å². The van der Waals surface area contributed by atoms with Gasteiger partial charge in [0.05, 0.1) is 24.1 Å². The Morgan fingerprint density at radius 2 is 1.78 bits per heavy atom. The fraction of sp³-hybridized carbons (Fsp3) is 0.158. The van der Waals surface area contributed by atoms with Gasteiger partial charge in [0.1, 0.15) is 5.82 Å². The number of hydrogen-bond donors (Lipinski definition) is 0. The molecule has 0 aliphatic heterocycles. The summed E-state index contributed by atoms with van der Waals surface area (Å²) in [4.78, 5) is 17.3. The molecule has 1 aromatic heterocycles. The first-order chi connectivity index (χ1) is 11.3. The van der Waals surface area contributed by atoms with Gasteiger partial charge in [-0.15, -0.1) is 0 Å². The predicted molar refractivity (Wildman–Crippen MR) is 93.2 cm³/mol. The van der Waals surface area contributed by atoms with Gasteiger partial charge >= 0.3 is 0 Å². The fourth-order valence-electron chi connectivity index (χ4n) is 2.45. The van der Waals surface area contributed by atoms with Crippen LogP contribution in [-0.4, -0.2) is 23.3 Å². The summed E-state index contributed by atoms with van der Waals surface area (Å²) in [6.07, 6.45) is 3.83. The van der Waals surface area contributed by atoms with E-state index in [4.69, 9.17) is 4.74 Å². The summed E-state index contributed by atoms with van der Waals surface area (Å²) in [5.74, 6) is 0.634. The molecule has 0 aliphatic carbocycles. The van der Waals surface area contributed by atoms with Crippen LogP contribution in [0.4, 0.5) is 0 Å². The number of nitrogens with zero attached hydrogens (tertiary/aromatic N) is 2. The lowest BCUT2D eigenvalue weighted by atomic mass is 10.2. The van der Waals surface area contributed by atoms with Crippen molar-refractivity contribution >= 4 is 23.1 Å². The minimum Gasteiger partial charge on any atom is -0.383 e. The molecule has 4 heteroatoms. The fourth-order valence-corrected chi connectivity index (χ4v) is 2.45. The predicted octanol–water partition coefficient (Wildman–Crippen LogP) is 3.21. The third-order valence-corrected chi connectivity index (χ3v) is 3.63. The van der Waals surface area contributed by atoms with Crippen molar-refractivity contribution in [2.24, 2.45) is 0 Å². The van der Waals surface area contributed by atoms with Gasteiger partial charge in [-0.2, -0.15) is 0 Å². The highest BCUT2D eigenvalue weighted by atomic mass is 16.5. The molecule has 0 bridgehead atoms. The first kappa shape index (κ1) is 15.2. The zero-order valence-electron chi connectivity index (χ0n) is 13.0. The molecule has 0 aliphatic rings. The van der Waals surface area contributed by atoms with Crippen molar-refractivity contribution in [2.75, 3.05) is 13.7 Å². The molecular weight excluding hydrogens is 288 g/mol. The van der Waals surface area contributed by atoms with Crippen LogP contribution in [0.15, 0.2) is 59.4 Å². The second kappa shape index (κ2) is 7.03. The van der Waals surface area contributed by atoms with Crippen LogP contribution in [0.25, 0.3) is 23.1 Å². The minimum atomic E-state index is -0.0413. The summed E-state index contributed by atoms with van der Waals surface area (Å²) in [6.45, 7) is 0.938. The Kier molecular flexibility index (Phi) is 4.64. The van der Waals surface area contributed by atoms with E-state index in [0.717, 1.165) is 5.56 Å². The third kappa shape index (κ3) is 3.38. The highest BCUT2D eigenvalue weighted by Gasteiger charge is 2.08.